The van der Waals surface area contributed by atoms with Crippen molar-refractivity contribution in [1.82, 2.24) is 0 Å². The Morgan fingerprint density at radius 1 is 0.958 bits per heavy atom. The van der Waals surface area contributed by atoms with Crippen LogP contribution in [-0.2, 0) is 14.3 Å². The quantitative estimate of drug-likeness (QED) is 0.295. The molecule has 0 aliphatic heterocycles. The van der Waals surface area contributed by atoms with Crippen molar-refractivity contribution in [1.29, 1.82) is 0 Å². The van der Waals surface area contributed by atoms with E-state index in [0.29, 0.717) is 24.0 Å². The summed E-state index contributed by atoms with van der Waals surface area (Å²) in [5, 5.41) is 0. The van der Waals surface area contributed by atoms with Gasteiger partial charge in [-0.05, 0) is 31.6 Å². The summed E-state index contributed by atoms with van der Waals surface area (Å²) in [5.74, 6) is 1.39. The van der Waals surface area contributed by atoms with E-state index in [9.17, 15) is 9.59 Å². The number of ether oxygens (including phenoxy) is 1. The minimum absolute atomic E-state index is 0.111. The maximum atomic E-state index is 12.1. The van der Waals surface area contributed by atoms with Crippen LogP contribution >= 0.6 is 0 Å². The summed E-state index contributed by atoms with van der Waals surface area (Å²) < 4.78 is 4.65. The van der Waals surface area contributed by atoms with Crippen LogP contribution in [0.1, 0.15) is 103 Å². The number of ketones is 1. The number of unbranched alkanes of at least 4 members (excludes halogenated alkanes) is 8. The van der Waals surface area contributed by atoms with Crippen LogP contribution in [0.15, 0.2) is 0 Å². The Balaban J connectivity index is 2.10. The van der Waals surface area contributed by atoms with Crippen LogP contribution in [0.3, 0.4) is 0 Å². The van der Waals surface area contributed by atoms with Crippen molar-refractivity contribution in [3.8, 4) is 0 Å². The number of carbonyl (C=O) groups is 2. The Labute approximate surface area is 148 Å². The highest BCUT2D eigenvalue weighted by atomic mass is 16.5. The largest absolute Gasteiger partial charge is 0.469 e. The summed E-state index contributed by atoms with van der Waals surface area (Å²) in [6, 6.07) is 0. The van der Waals surface area contributed by atoms with Crippen LogP contribution in [0.25, 0.3) is 0 Å². The summed E-state index contributed by atoms with van der Waals surface area (Å²) in [4.78, 5) is 23.2. The van der Waals surface area contributed by atoms with Crippen molar-refractivity contribution < 1.29 is 14.3 Å². The molecule has 0 amide bonds. The number of rotatable bonds is 14. The molecule has 2 atom stereocenters. The smallest absolute Gasteiger partial charge is 0.305 e. The fourth-order valence-corrected chi connectivity index (χ4v) is 4.00. The van der Waals surface area contributed by atoms with E-state index in [1.54, 1.807) is 0 Å². The number of carbonyl (C=O) groups excluding carboxylic acids is 2. The minimum atomic E-state index is -0.111. The fraction of sp³-hybridized carbons (Fsp3) is 0.905. The van der Waals surface area contributed by atoms with E-state index >= 15 is 0 Å². The van der Waals surface area contributed by atoms with Gasteiger partial charge in [0.2, 0.25) is 0 Å². The van der Waals surface area contributed by atoms with Crippen LogP contribution in [0.4, 0.5) is 0 Å². The van der Waals surface area contributed by atoms with Crippen molar-refractivity contribution in [3.05, 3.63) is 0 Å². The second-order valence-electron chi connectivity index (χ2n) is 7.46. The van der Waals surface area contributed by atoms with E-state index in [0.717, 1.165) is 44.9 Å². The van der Waals surface area contributed by atoms with Crippen LogP contribution in [-0.4, -0.2) is 18.9 Å². The van der Waals surface area contributed by atoms with Gasteiger partial charge in [0, 0.05) is 18.8 Å². The van der Waals surface area contributed by atoms with Gasteiger partial charge in [0.05, 0.1) is 7.11 Å². The number of esters is 1. The molecule has 1 saturated carbocycles. The van der Waals surface area contributed by atoms with Gasteiger partial charge >= 0.3 is 5.97 Å². The molecule has 1 aliphatic carbocycles. The van der Waals surface area contributed by atoms with Crippen LogP contribution in [0, 0.1) is 11.8 Å². The SMILES string of the molecule is CCCCCCCCC1CCC(=O)C1CCCCCCC(=O)OC. The van der Waals surface area contributed by atoms with E-state index in [1.165, 1.54) is 52.1 Å². The van der Waals surface area contributed by atoms with Gasteiger partial charge in [0.1, 0.15) is 5.78 Å². The molecule has 3 nitrogen and oxygen atoms in total. The molecule has 1 aliphatic rings. The highest BCUT2D eigenvalue weighted by Gasteiger charge is 2.33. The topological polar surface area (TPSA) is 43.4 Å². The van der Waals surface area contributed by atoms with Crippen molar-refractivity contribution in [2.45, 2.75) is 103 Å². The molecule has 0 bridgehead atoms. The fourth-order valence-electron chi connectivity index (χ4n) is 4.00. The second kappa shape index (κ2) is 13.4. The molecule has 0 spiro atoms. The van der Waals surface area contributed by atoms with Gasteiger partial charge in [-0.2, -0.15) is 0 Å². The van der Waals surface area contributed by atoms with Gasteiger partial charge in [0.25, 0.3) is 0 Å². The lowest BCUT2D eigenvalue weighted by Gasteiger charge is -2.18. The molecule has 140 valence electrons. The number of Topliss-reactive ketones (excluding diaryl/α,β-unsaturated/α-hetero) is 1. The summed E-state index contributed by atoms with van der Waals surface area (Å²) in [5.41, 5.74) is 0. The third kappa shape index (κ3) is 8.84. The molecule has 0 heterocycles. The van der Waals surface area contributed by atoms with E-state index in [4.69, 9.17) is 0 Å². The first-order chi connectivity index (χ1) is 11.7. The maximum absolute atomic E-state index is 12.1. The maximum Gasteiger partial charge on any atom is 0.305 e. The molecule has 2 unspecified atom stereocenters. The zero-order valence-corrected chi connectivity index (χ0v) is 16.0. The zero-order chi connectivity index (χ0) is 17.6. The lowest BCUT2D eigenvalue weighted by atomic mass is 9.86. The lowest BCUT2D eigenvalue weighted by molar-refractivity contribution is -0.140. The average molecular weight is 339 g/mol. The molecule has 1 fully saturated rings. The lowest BCUT2D eigenvalue weighted by Crippen LogP contribution is -2.15. The predicted octanol–water partition coefficient (Wildman–Crippen LogP) is 5.85. The second-order valence-corrected chi connectivity index (χ2v) is 7.46. The summed E-state index contributed by atoms with van der Waals surface area (Å²) in [7, 11) is 1.44. The molecule has 1 rings (SSSR count). The first kappa shape index (κ1) is 21.2. The summed E-state index contributed by atoms with van der Waals surface area (Å²) in [6.07, 6.45) is 17.1. The third-order valence-electron chi connectivity index (χ3n) is 5.55. The van der Waals surface area contributed by atoms with Crippen molar-refractivity contribution >= 4 is 11.8 Å². The minimum Gasteiger partial charge on any atom is -0.469 e. The van der Waals surface area contributed by atoms with Crippen molar-refractivity contribution in [2.75, 3.05) is 7.11 Å². The molecule has 0 aromatic carbocycles. The van der Waals surface area contributed by atoms with Gasteiger partial charge in [0.15, 0.2) is 0 Å². The zero-order valence-electron chi connectivity index (χ0n) is 16.0. The van der Waals surface area contributed by atoms with E-state index < -0.39 is 0 Å². The van der Waals surface area contributed by atoms with Gasteiger partial charge in [-0.1, -0.05) is 64.7 Å². The van der Waals surface area contributed by atoms with Gasteiger partial charge in [-0.15, -0.1) is 0 Å². The Hall–Kier alpha value is -0.860. The van der Waals surface area contributed by atoms with Crippen LogP contribution in [0.2, 0.25) is 0 Å². The number of hydrogen-bond acceptors (Lipinski definition) is 3. The normalized spacial score (nSPS) is 20.5. The van der Waals surface area contributed by atoms with Crippen molar-refractivity contribution in [3.63, 3.8) is 0 Å². The van der Waals surface area contributed by atoms with Crippen LogP contribution < -0.4 is 0 Å². The molecule has 0 aromatic rings. The molecular weight excluding hydrogens is 300 g/mol. The molecule has 24 heavy (non-hydrogen) atoms. The number of methoxy groups -OCH3 is 1. The Morgan fingerprint density at radius 2 is 1.58 bits per heavy atom. The van der Waals surface area contributed by atoms with E-state index in [2.05, 4.69) is 11.7 Å². The van der Waals surface area contributed by atoms with Gasteiger partial charge in [-0.3, -0.25) is 9.59 Å². The first-order valence-corrected chi connectivity index (χ1v) is 10.3. The number of hydrogen-bond donors (Lipinski definition) is 0. The molecule has 0 aromatic heterocycles. The molecule has 0 N–H and O–H groups in total. The molecule has 0 saturated heterocycles. The Kier molecular flexibility index (Phi) is 11.9. The van der Waals surface area contributed by atoms with Crippen LogP contribution in [0.5, 0.6) is 0 Å². The molecule has 0 radical (unpaired) electrons. The highest BCUT2D eigenvalue weighted by molar-refractivity contribution is 5.83. The summed E-state index contributed by atoms with van der Waals surface area (Å²) in [6.45, 7) is 2.25. The Bertz CT molecular complexity index is 351. The highest BCUT2D eigenvalue weighted by Crippen LogP contribution is 2.36. The summed E-state index contributed by atoms with van der Waals surface area (Å²) >= 11 is 0. The first-order valence-electron chi connectivity index (χ1n) is 10.3. The average Bonchev–Trinajstić information content (AvgIpc) is 2.94. The predicted molar refractivity (Wildman–Crippen MR) is 98.9 cm³/mol. The monoisotopic (exact) mass is 338 g/mol. The Morgan fingerprint density at radius 3 is 2.29 bits per heavy atom. The van der Waals surface area contributed by atoms with E-state index in [1.807, 2.05) is 0 Å². The van der Waals surface area contributed by atoms with E-state index in [-0.39, 0.29) is 5.97 Å². The van der Waals surface area contributed by atoms with Crippen molar-refractivity contribution in [2.24, 2.45) is 11.8 Å². The molecular formula is C21H38O3. The van der Waals surface area contributed by atoms with Gasteiger partial charge in [-0.25, -0.2) is 0 Å². The third-order valence-corrected chi connectivity index (χ3v) is 5.55. The van der Waals surface area contributed by atoms with Gasteiger partial charge < -0.3 is 4.74 Å². The standard InChI is InChI=1S/C21H38O3/c1-3-4-5-6-7-10-13-18-16-17-20(22)19(18)14-11-8-9-12-15-21(23)24-2/h18-19H,3-17H2,1-2H3. The molecule has 3 heteroatoms.